The van der Waals surface area contributed by atoms with Gasteiger partial charge in [0.05, 0.1) is 6.54 Å². The molecule has 0 unspecified atom stereocenters. The zero-order chi connectivity index (χ0) is 12.3. The van der Waals surface area contributed by atoms with Crippen molar-refractivity contribution in [3.63, 3.8) is 0 Å². The summed E-state index contributed by atoms with van der Waals surface area (Å²) < 4.78 is 0. The molecule has 0 spiro atoms. The minimum atomic E-state index is 0.757. The van der Waals surface area contributed by atoms with E-state index in [9.17, 15) is 0 Å². The molecule has 3 heteroatoms. The number of guanidine groups is 1. The Hall–Kier alpha value is -0.730. The quantitative estimate of drug-likeness (QED) is 0.748. The molecule has 0 saturated heterocycles. The van der Waals surface area contributed by atoms with E-state index >= 15 is 0 Å². The first kappa shape index (κ1) is 12.7. The fourth-order valence-corrected chi connectivity index (χ4v) is 2.89. The molecule has 0 bridgehead atoms. The zero-order valence-electron chi connectivity index (χ0n) is 11.7. The van der Waals surface area contributed by atoms with Crippen molar-refractivity contribution in [1.82, 2.24) is 9.80 Å². The van der Waals surface area contributed by atoms with Crippen molar-refractivity contribution in [2.75, 3.05) is 26.7 Å². The van der Waals surface area contributed by atoms with Crippen LogP contribution in [-0.4, -0.2) is 48.5 Å². The maximum atomic E-state index is 4.71. The first-order chi connectivity index (χ1) is 8.18. The minimum Gasteiger partial charge on any atom is -0.344 e. The summed E-state index contributed by atoms with van der Waals surface area (Å²) in [4.78, 5) is 9.64. The van der Waals surface area contributed by atoms with Crippen LogP contribution in [0.25, 0.3) is 0 Å². The summed E-state index contributed by atoms with van der Waals surface area (Å²) in [5.74, 6) is 2.05. The van der Waals surface area contributed by atoms with E-state index in [-0.39, 0.29) is 0 Å². The van der Waals surface area contributed by atoms with Crippen LogP contribution in [0.4, 0.5) is 0 Å². The van der Waals surface area contributed by atoms with Gasteiger partial charge in [0.1, 0.15) is 0 Å². The summed E-state index contributed by atoms with van der Waals surface area (Å²) in [5.41, 5.74) is 0. The standard InChI is InChI=1S/C14H27N3/c1-12(2)8-10-17(13-6-4-5-7-13)14-15-9-11-16(14)3/h12-13H,4-11H2,1-3H3. The van der Waals surface area contributed by atoms with Crippen molar-refractivity contribution in [3.05, 3.63) is 0 Å². The van der Waals surface area contributed by atoms with Gasteiger partial charge in [0, 0.05) is 26.2 Å². The molecular weight excluding hydrogens is 210 g/mol. The van der Waals surface area contributed by atoms with Crippen molar-refractivity contribution in [3.8, 4) is 0 Å². The molecule has 17 heavy (non-hydrogen) atoms. The van der Waals surface area contributed by atoms with Crippen LogP contribution in [0, 0.1) is 5.92 Å². The minimum absolute atomic E-state index is 0.757. The Labute approximate surface area is 106 Å². The van der Waals surface area contributed by atoms with Gasteiger partial charge in [0.15, 0.2) is 5.96 Å². The molecule has 0 aromatic carbocycles. The zero-order valence-corrected chi connectivity index (χ0v) is 11.7. The van der Waals surface area contributed by atoms with Crippen LogP contribution in [0.2, 0.25) is 0 Å². The van der Waals surface area contributed by atoms with E-state index in [1.54, 1.807) is 0 Å². The van der Waals surface area contributed by atoms with E-state index in [1.807, 2.05) is 0 Å². The van der Waals surface area contributed by atoms with Gasteiger partial charge in [-0.1, -0.05) is 26.7 Å². The highest BCUT2D eigenvalue weighted by molar-refractivity contribution is 5.81. The van der Waals surface area contributed by atoms with Crippen LogP contribution < -0.4 is 0 Å². The van der Waals surface area contributed by atoms with Crippen LogP contribution in [0.3, 0.4) is 0 Å². The highest BCUT2D eigenvalue weighted by Crippen LogP contribution is 2.25. The van der Waals surface area contributed by atoms with E-state index in [1.165, 1.54) is 44.6 Å². The molecule has 1 saturated carbocycles. The van der Waals surface area contributed by atoms with Gasteiger partial charge in [-0.3, -0.25) is 4.99 Å². The molecule has 0 amide bonds. The molecule has 2 aliphatic rings. The van der Waals surface area contributed by atoms with Crippen molar-refractivity contribution in [2.45, 2.75) is 52.0 Å². The van der Waals surface area contributed by atoms with Gasteiger partial charge in [-0.25, -0.2) is 0 Å². The lowest BCUT2D eigenvalue weighted by Gasteiger charge is -2.34. The van der Waals surface area contributed by atoms with Crippen LogP contribution >= 0.6 is 0 Å². The van der Waals surface area contributed by atoms with E-state index in [2.05, 4.69) is 30.7 Å². The van der Waals surface area contributed by atoms with E-state index in [4.69, 9.17) is 4.99 Å². The molecule has 3 nitrogen and oxygen atoms in total. The predicted molar refractivity (Wildman–Crippen MR) is 73.3 cm³/mol. The van der Waals surface area contributed by atoms with Crippen molar-refractivity contribution in [2.24, 2.45) is 10.9 Å². The summed E-state index contributed by atoms with van der Waals surface area (Å²) in [7, 11) is 2.18. The van der Waals surface area contributed by atoms with Crippen molar-refractivity contribution in [1.29, 1.82) is 0 Å². The predicted octanol–water partition coefficient (Wildman–Crippen LogP) is 2.58. The Morgan fingerprint density at radius 3 is 2.59 bits per heavy atom. The molecule has 98 valence electrons. The normalized spacial score (nSPS) is 21.4. The van der Waals surface area contributed by atoms with Gasteiger partial charge < -0.3 is 9.80 Å². The van der Waals surface area contributed by atoms with E-state index in [0.717, 1.165) is 25.0 Å². The second-order valence-electron chi connectivity index (χ2n) is 5.92. The fourth-order valence-electron chi connectivity index (χ4n) is 2.89. The summed E-state index contributed by atoms with van der Waals surface area (Å²) in [6, 6.07) is 0.757. The third-order valence-corrected chi connectivity index (χ3v) is 4.00. The van der Waals surface area contributed by atoms with Gasteiger partial charge in [0.25, 0.3) is 0 Å². The lowest BCUT2D eigenvalue weighted by molar-refractivity contribution is 0.268. The second-order valence-corrected chi connectivity index (χ2v) is 5.92. The van der Waals surface area contributed by atoms with Crippen LogP contribution in [-0.2, 0) is 0 Å². The molecule has 1 heterocycles. The van der Waals surface area contributed by atoms with Crippen LogP contribution in [0.1, 0.15) is 46.0 Å². The molecule has 2 rings (SSSR count). The van der Waals surface area contributed by atoms with E-state index < -0.39 is 0 Å². The van der Waals surface area contributed by atoms with Crippen molar-refractivity contribution >= 4 is 5.96 Å². The lowest BCUT2D eigenvalue weighted by atomic mass is 10.1. The Morgan fingerprint density at radius 2 is 2.06 bits per heavy atom. The Kier molecular flexibility index (Phi) is 4.30. The number of aliphatic imine (C=N–C) groups is 1. The second kappa shape index (κ2) is 5.74. The molecule has 0 aromatic rings. The highest BCUT2D eigenvalue weighted by atomic mass is 15.4. The number of hydrogen-bond donors (Lipinski definition) is 0. The van der Waals surface area contributed by atoms with Crippen molar-refractivity contribution < 1.29 is 0 Å². The first-order valence-electron chi connectivity index (χ1n) is 7.20. The largest absolute Gasteiger partial charge is 0.344 e. The average molecular weight is 237 g/mol. The Balaban J connectivity index is 2.00. The number of hydrogen-bond acceptors (Lipinski definition) is 3. The van der Waals surface area contributed by atoms with Crippen LogP contribution in [0.15, 0.2) is 4.99 Å². The number of nitrogens with zero attached hydrogens (tertiary/aromatic N) is 3. The molecule has 0 atom stereocenters. The summed E-state index contributed by atoms with van der Waals surface area (Å²) in [5, 5.41) is 0. The summed E-state index contributed by atoms with van der Waals surface area (Å²) >= 11 is 0. The topological polar surface area (TPSA) is 18.8 Å². The third kappa shape index (κ3) is 3.14. The molecule has 1 aliphatic heterocycles. The number of likely N-dealkylation sites (N-methyl/N-ethyl adjacent to an activating group) is 1. The molecule has 1 fully saturated rings. The fraction of sp³-hybridized carbons (Fsp3) is 0.929. The van der Waals surface area contributed by atoms with Gasteiger partial charge in [-0.15, -0.1) is 0 Å². The first-order valence-corrected chi connectivity index (χ1v) is 7.20. The smallest absolute Gasteiger partial charge is 0.196 e. The maximum absolute atomic E-state index is 4.71. The monoisotopic (exact) mass is 237 g/mol. The highest BCUT2D eigenvalue weighted by Gasteiger charge is 2.28. The Morgan fingerprint density at radius 1 is 1.35 bits per heavy atom. The van der Waals surface area contributed by atoms with Gasteiger partial charge in [-0.2, -0.15) is 0 Å². The molecule has 0 aromatic heterocycles. The SMILES string of the molecule is CC(C)CCN(C1=NCCN1C)C1CCCC1. The third-order valence-electron chi connectivity index (χ3n) is 4.00. The maximum Gasteiger partial charge on any atom is 0.196 e. The van der Waals surface area contributed by atoms with Gasteiger partial charge in [-0.05, 0) is 25.2 Å². The average Bonchev–Trinajstić information content (AvgIpc) is 2.91. The molecular formula is C14H27N3. The van der Waals surface area contributed by atoms with Crippen LogP contribution in [0.5, 0.6) is 0 Å². The molecule has 0 radical (unpaired) electrons. The Bertz CT molecular complexity index is 267. The summed E-state index contributed by atoms with van der Waals surface area (Å²) in [6.07, 6.45) is 6.82. The number of rotatable bonds is 4. The molecule has 0 N–H and O–H groups in total. The van der Waals surface area contributed by atoms with Gasteiger partial charge in [0.2, 0.25) is 0 Å². The van der Waals surface area contributed by atoms with Gasteiger partial charge >= 0.3 is 0 Å². The summed E-state index contributed by atoms with van der Waals surface area (Å²) in [6.45, 7) is 7.89. The molecule has 1 aliphatic carbocycles. The van der Waals surface area contributed by atoms with E-state index in [0.29, 0.717) is 0 Å². The lowest BCUT2D eigenvalue weighted by Crippen LogP contribution is -2.45.